The van der Waals surface area contributed by atoms with Crippen LogP contribution in [0.2, 0.25) is 0 Å². The molecule has 3 nitrogen and oxygen atoms in total. The maximum absolute atomic E-state index is 5.94. The number of rotatable bonds is 15. The standard InChI is InChI=1S/C30H46N2O/c1-3-5-6-7-8-9-10-11-12-13-22-33-29-20-18-27(19-21-29)30-31-23-28(24-32-30)26-16-14-25(4-2)15-17-26/h18-21,23-26H,3-17,22H2,1-2H3/t25-,26-. The zero-order valence-corrected chi connectivity index (χ0v) is 21.2. The summed E-state index contributed by atoms with van der Waals surface area (Å²) in [5.41, 5.74) is 2.37. The van der Waals surface area contributed by atoms with E-state index in [1.54, 1.807) is 0 Å². The molecule has 3 rings (SSSR count). The predicted octanol–water partition coefficient (Wildman–Crippen LogP) is 9.13. The van der Waals surface area contributed by atoms with E-state index in [0.29, 0.717) is 5.92 Å². The van der Waals surface area contributed by atoms with Crippen LogP contribution < -0.4 is 4.74 Å². The highest BCUT2D eigenvalue weighted by molar-refractivity contribution is 5.56. The van der Waals surface area contributed by atoms with Crippen LogP contribution in [0.25, 0.3) is 11.4 Å². The Kier molecular flexibility index (Phi) is 11.8. The summed E-state index contributed by atoms with van der Waals surface area (Å²) in [7, 11) is 0. The lowest BCUT2D eigenvalue weighted by atomic mass is 9.78. The second-order valence-corrected chi connectivity index (χ2v) is 10.0. The van der Waals surface area contributed by atoms with Gasteiger partial charge in [-0.1, -0.05) is 78.1 Å². The molecular weight excluding hydrogens is 404 g/mol. The Balaban J connectivity index is 1.31. The van der Waals surface area contributed by atoms with E-state index in [1.807, 2.05) is 0 Å². The molecule has 1 aromatic carbocycles. The van der Waals surface area contributed by atoms with Gasteiger partial charge in [0.1, 0.15) is 5.75 Å². The summed E-state index contributed by atoms with van der Waals surface area (Å²) >= 11 is 0. The second-order valence-electron chi connectivity index (χ2n) is 10.0. The molecule has 1 fully saturated rings. The van der Waals surface area contributed by atoms with Crippen molar-refractivity contribution in [1.29, 1.82) is 0 Å². The van der Waals surface area contributed by atoms with Gasteiger partial charge in [0.25, 0.3) is 0 Å². The van der Waals surface area contributed by atoms with Gasteiger partial charge in [0.05, 0.1) is 6.61 Å². The van der Waals surface area contributed by atoms with Crippen LogP contribution in [0.5, 0.6) is 5.75 Å². The number of hydrogen-bond acceptors (Lipinski definition) is 3. The van der Waals surface area contributed by atoms with E-state index in [-0.39, 0.29) is 0 Å². The molecule has 0 spiro atoms. The summed E-state index contributed by atoms with van der Waals surface area (Å²) in [6.45, 7) is 5.40. The second kappa shape index (κ2) is 15.1. The molecule has 182 valence electrons. The molecule has 1 heterocycles. The highest BCUT2D eigenvalue weighted by atomic mass is 16.5. The highest BCUT2D eigenvalue weighted by Gasteiger charge is 2.21. The third-order valence-electron chi connectivity index (χ3n) is 7.45. The summed E-state index contributed by atoms with van der Waals surface area (Å²) in [4.78, 5) is 9.35. The van der Waals surface area contributed by atoms with Gasteiger partial charge in [0, 0.05) is 18.0 Å². The van der Waals surface area contributed by atoms with Crippen molar-refractivity contribution in [2.75, 3.05) is 6.61 Å². The van der Waals surface area contributed by atoms with Gasteiger partial charge in [0.15, 0.2) is 5.82 Å². The van der Waals surface area contributed by atoms with Crippen LogP contribution in [0.15, 0.2) is 36.7 Å². The van der Waals surface area contributed by atoms with Crippen molar-refractivity contribution >= 4 is 0 Å². The molecule has 33 heavy (non-hydrogen) atoms. The van der Waals surface area contributed by atoms with Gasteiger partial charge in [-0.3, -0.25) is 0 Å². The Morgan fingerprint density at radius 1 is 0.727 bits per heavy atom. The summed E-state index contributed by atoms with van der Waals surface area (Å²) in [5.74, 6) is 3.32. The van der Waals surface area contributed by atoms with Crippen molar-refractivity contribution in [3.05, 3.63) is 42.2 Å². The topological polar surface area (TPSA) is 35.0 Å². The molecule has 3 heteroatoms. The molecule has 0 atom stereocenters. The largest absolute Gasteiger partial charge is 0.494 e. The molecule has 1 saturated carbocycles. The molecular formula is C30H46N2O. The van der Waals surface area contributed by atoms with Crippen LogP contribution >= 0.6 is 0 Å². The number of hydrogen-bond donors (Lipinski definition) is 0. The Bertz CT molecular complexity index is 748. The van der Waals surface area contributed by atoms with E-state index in [4.69, 9.17) is 4.74 Å². The van der Waals surface area contributed by atoms with Crippen molar-refractivity contribution in [2.45, 2.75) is 116 Å². The van der Waals surface area contributed by atoms with E-state index in [9.17, 15) is 0 Å². The predicted molar refractivity (Wildman–Crippen MR) is 140 cm³/mol. The summed E-state index contributed by atoms with van der Waals surface area (Å²) in [6.07, 6.45) is 24.2. The Morgan fingerprint density at radius 3 is 1.88 bits per heavy atom. The molecule has 1 aromatic heterocycles. The van der Waals surface area contributed by atoms with Crippen LogP contribution in [0.4, 0.5) is 0 Å². The maximum atomic E-state index is 5.94. The Morgan fingerprint density at radius 2 is 1.30 bits per heavy atom. The molecule has 0 radical (unpaired) electrons. The number of nitrogens with zero attached hydrogens (tertiary/aromatic N) is 2. The third-order valence-corrected chi connectivity index (χ3v) is 7.45. The Hall–Kier alpha value is -1.90. The fraction of sp³-hybridized carbons (Fsp3) is 0.667. The monoisotopic (exact) mass is 450 g/mol. The Labute approximate surface area is 202 Å². The minimum absolute atomic E-state index is 0.642. The number of unbranched alkanes of at least 4 members (excludes halogenated alkanes) is 9. The number of benzene rings is 1. The van der Waals surface area contributed by atoms with E-state index in [2.05, 4.69) is 60.5 Å². The third kappa shape index (κ3) is 9.10. The first-order valence-corrected chi connectivity index (χ1v) is 13.8. The zero-order valence-electron chi connectivity index (χ0n) is 21.2. The number of ether oxygens (including phenoxy) is 1. The molecule has 0 saturated heterocycles. The molecule has 0 bridgehead atoms. The highest BCUT2D eigenvalue weighted by Crippen LogP contribution is 2.36. The lowest BCUT2D eigenvalue weighted by molar-refractivity contribution is 0.304. The molecule has 0 unspecified atom stereocenters. The first-order valence-electron chi connectivity index (χ1n) is 13.8. The SMILES string of the molecule is CCCCCCCCCCCCOc1ccc(-c2ncc([C@H]3CC[C@H](CC)CC3)cn2)cc1. The summed E-state index contributed by atoms with van der Waals surface area (Å²) in [6, 6.07) is 8.26. The fourth-order valence-corrected chi connectivity index (χ4v) is 5.08. The minimum Gasteiger partial charge on any atom is -0.494 e. The van der Waals surface area contributed by atoms with E-state index in [1.165, 1.54) is 95.5 Å². The van der Waals surface area contributed by atoms with E-state index < -0.39 is 0 Å². The lowest BCUT2D eigenvalue weighted by Crippen LogP contribution is -2.13. The van der Waals surface area contributed by atoms with Crippen molar-refractivity contribution in [2.24, 2.45) is 5.92 Å². The van der Waals surface area contributed by atoms with E-state index in [0.717, 1.165) is 36.1 Å². The van der Waals surface area contributed by atoms with Crippen LogP contribution in [-0.4, -0.2) is 16.6 Å². The van der Waals surface area contributed by atoms with Crippen LogP contribution in [0.3, 0.4) is 0 Å². The zero-order chi connectivity index (χ0) is 23.1. The normalized spacial score (nSPS) is 18.4. The smallest absolute Gasteiger partial charge is 0.159 e. The van der Waals surface area contributed by atoms with Gasteiger partial charge in [-0.15, -0.1) is 0 Å². The van der Waals surface area contributed by atoms with Gasteiger partial charge in [-0.2, -0.15) is 0 Å². The van der Waals surface area contributed by atoms with Gasteiger partial charge >= 0.3 is 0 Å². The van der Waals surface area contributed by atoms with Crippen molar-refractivity contribution < 1.29 is 4.74 Å². The van der Waals surface area contributed by atoms with Crippen molar-refractivity contribution in [3.63, 3.8) is 0 Å². The van der Waals surface area contributed by atoms with Crippen molar-refractivity contribution in [1.82, 2.24) is 9.97 Å². The number of aromatic nitrogens is 2. The van der Waals surface area contributed by atoms with Gasteiger partial charge < -0.3 is 4.74 Å². The quantitative estimate of drug-likeness (QED) is 0.254. The maximum Gasteiger partial charge on any atom is 0.159 e. The van der Waals surface area contributed by atoms with Gasteiger partial charge in [-0.05, 0) is 73.8 Å². The van der Waals surface area contributed by atoms with Gasteiger partial charge in [0.2, 0.25) is 0 Å². The van der Waals surface area contributed by atoms with Gasteiger partial charge in [-0.25, -0.2) is 9.97 Å². The molecule has 2 aromatic rings. The first-order chi connectivity index (χ1) is 16.3. The van der Waals surface area contributed by atoms with Crippen LogP contribution in [0.1, 0.15) is 122 Å². The molecule has 0 N–H and O–H groups in total. The first kappa shape index (κ1) is 25.7. The summed E-state index contributed by atoms with van der Waals surface area (Å²) < 4.78 is 5.94. The van der Waals surface area contributed by atoms with Crippen LogP contribution in [-0.2, 0) is 0 Å². The molecule has 0 aliphatic heterocycles. The average Bonchev–Trinajstić information content (AvgIpc) is 2.88. The van der Waals surface area contributed by atoms with Crippen molar-refractivity contribution in [3.8, 4) is 17.1 Å². The molecule has 1 aliphatic carbocycles. The lowest BCUT2D eigenvalue weighted by Gasteiger charge is -2.27. The molecule has 0 amide bonds. The molecule has 1 aliphatic rings. The fourth-order valence-electron chi connectivity index (χ4n) is 5.08. The van der Waals surface area contributed by atoms with Crippen LogP contribution in [0, 0.1) is 5.92 Å². The van der Waals surface area contributed by atoms with E-state index >= 15 is 0 Å². The average molecular weight is 451 g/mol. The summed E-state index contributed by atoms with van der Waals surface area (Å²) in [5, 5.41) is 0. The minimum atomic E-state index is 0.642.